The van der Waals surface area contributed by atoms with Gasteiger partial charge in [-0.15, -0.1) is 0 Å². The molecule has 3 aromatic rings. The van der Waals surface area contributed by atoms with E-state index in [1.54, 1.807) is 7.11 Å². The van der Waals surface area contributed by atoms with Crippen LogP contribution in [0.25, 0.3) is 11.3 Å². The van der Waals surface area contributed by atoms with Crippen molar-refractivity contribution in [3.8, 4) is 11.4 Å². The van der Waals surface area contributed by atoms with Gasteiger partial charge < -0.3 is 10.1 Å². The maximum Gasteiger partial charge on any atom is 0.234 e. The number of methoxy groups -OCH3 is 1. The summed E-state index contributed by atoms with van der Waals surface area (Å²) < 4.78 is 7.10. The molecule has 0 spiro atoms. The fourth-order valence-electron chi connectivity index (χ4n) is 3.82. The number of benzene rings is 2. The van der Waals surface area contributed by atoms with Crippen LogP contribution in [0.5, 0.6) is 5.75 Å². The molecule has 1 aliphatic rings. The van der Waals surface area contributed by atoms with Crippen LogP contribution in [0, 0.1) is 13.8 Å². The zero-order valence-corrected chi connectivity index (χ0v) is 19.0. The Morgan fingerprint density at radius 2 is 1.94 bits per heavy atom. The lowest BCUT2D eigenvalue weighted by Crippen LogP contribution is -2.39. The van der Waals surface area contributed by atoms with Crippen molar-refractivity contribution in [3.05, 3.63) is 83.2 Å². The van der Waals surface area contributed by atoms with Gasteiger partial charge in [-0.3, -0.25) is 9.69 Å². The molecule has 166 valence electrons. The monoisotopic (exact) mass is 430 g/mol. The van der Waals surface area contributed by atoms with Gasteiger partial charge in [0.25, 0.3) is 0 Å². The third-order valence-corrected chi connectivity index (χ3v) is 6.02. The Balaban J connectivity index is 1.29. The first-order valence-electron chi connectivity index (χ1n) is 11.0. The average molecular weight is 431 g/mol. The van der Waals surface area contributed by atoms with Crippen LogP contribution in [-0.4, -0.2) is 47.3 Å². The summed E-state index contributed by atoms with van der Waals surface area (Å²) in [5, 5.41) is 7.56. The largest absolute Gasteiger partial charge is 0.497 e. The molecule has 0 saturated heterocycles. The van der Waals surface area contributed by atoms with Gasteiger partial charge >= 0.3 is 0 Å². The highest BCUT2D eigenvalue weighted by Gasteiger charge is 2.17. The summed E-state index contributed by atoms with van der Waals surface area (Å²) in [4.78, 5) is 14.5. The fourth-order valence-corrected chi connectivity index (χ4v) is 3.82. The van der Waals surface area contributed by atoms with Crippen LogP contribution in [-0.2, 0) is 11.3 Å². The second-order valence-electron chi connectivity index (χ2n) is 8.28. The predicted molar refractivity (Wildman–Crippen MR) is 127 cm³/mol. The first kappa shape index (κ1) is 21.8. The molecule has 6 heteroatoms. The van der Waals surface area contributed by atoms with Gasteiger partial charge in [0.2, 0.25) is 5.91 Å². The van der Waals surface area contributed by atoms with Crippen molar-refractivity contribution in [3.63, 3.8) is 0 Å². The number of aromatic nitrogens is 2. The van der Waals surface area contributed by atoms with E-state index in [0.717, 1.165) is 42.1 Å². The fraction of sp³-hybridized carbons (Fsp3) is 0.308. The molecule has 0 saturated carbocycles. The number of nitrogens with one attached hydrogen (secondary N) is 1. The van der Waals surface area contributed by atoms with Crippen molar-refractivity contribution in [1.29, 1.82) is 0 Å². The smallest absolute Gasteiger partial charge is 0.234 e. The molecule has 1 amide bonds. The number of amides is 1. The summed E-state index contributed by atoms with van der Waals surface area (Å²) in [6.07, 6.45) is 7.14. The molecular weight excluding hydrogens is 400 g/mol. The first-order valence-corrected chi connectivity index (χ1v) is 11.0. The van der Waals surface area contributed by atoms with E-state index in [2.05, 4.69) is 59.6 Å². The first-order chi connectivity index (χ1) is 15.5. The Morgan fingerprint density at radius 1 is 1.12 bits per heavy atom. The summed E-state index contributed by atoms with van der Waals surface area (Å²) in [5.74, 6) is 0.857. The van der Waals surface area contributed by atoms with Gasteiger partial charge in [-0.05, 0) is 66.8 Å². The Morgan fingerprint density at radius 3 is 2.62 bits per heavy atom. The molecule has 2 heterocycles. The number of ether oxygens (including phenoxy) is 1. The van der Waals surface area contributed by atoms with Crippen LogP contribution in [0.3, 0.4) is 0 Å². The maximum absolute atomic E-state index is 12.4. The third kappa shape index (κ3) is 5.26. The van der Waals surface area contributed by atoms with Crippen molar-refractivity contribution in [1.82, 2.24) is 20.0 Å². The zero-order chi connectivity index (χ0) is 22.5. The van der Waals surface area contributed by atoms with Crippen LogP contribution in [0.15, 0.2) is 60.9 Å². The van der Waals surface area contributed by atoms with E-state index in [9.17, 15) is 4.79 Å². The number of aryl methyl sites for hydroxylation is 2. The standard InChI is InChI=1S/C26H30N4O2/c1-19-4-7-24(14-20(19)2)30-17-23(16-28-30)22-10-12-29(13-11-22)18-26(31)27-15-21-5-8-25(32-3)9-6-21/h4-10,14,16-17H,11-13,15,18H2,1-3H3,(H,27,31). The van der Waals surface area contributed by atoms with Crippen LogP contribution in [0.2, 0.25) is 0 Å². The van der Waals surface area contributed by atoms with Crippen molar-refractivity contribution < 1.29 is 9.53 Å². The van der Waals surface area contributed by atoms with Gasteiger partial charge in [0.1, 0.15) is 5.75 Å². The molecule has 0 aliphatic carbocycles. The van der Waals surface area contributed by atoms with Gasteiger partial charge in [-0.25, -0.2) is 4.68 Å². The van der Waals surface area contributed by atoms with Crippen molar-refractivity contribution in [2.24, 2.45) is 0 Å². The molecule has 4 rings (SSSR count). The van der Waals surface area contributed by atoms with Crippen molar-refractivity contribution in [2.45, 2.75) is 26.8 Å². The number of carbonyl (C=O) groups excluding carboxylic acids is 1. The molecule has 32 heavy (non-hydrogen) atoms. The summed E-state index contributed by atoms with van der Waals surface area (Å²) in [6.45, 7) is 6.79. The minimum absolute atomic E-state index is 0.0419. The van der Waals surface area contributed by atoms with Crippen LogP contribution >= 0.6 is 0 Å². The van der Waals surface area contributed by atoms with Gasteiger partial charge in [-0.2, -0.15) is 5.10 Å². The summed E-state index contributed by atoms with van der Waals surface area (Å²) in [6, 6.07) is 14.1. The van der Waals surface area contributed by atoms with E-state index in [1.807, 2.05) is 35.1 Å². The molecule has 1 aromatic heterocycles. The molecule has 0 radical (unpaired) electrons. The van der Waals surface area contributed by atoms with Gasteiger partial charge in [-0.1, -0.05) is 24.3 Å². The minimum atomic E-state index is 0.0419. The van der Waals surface area contributed by atoms with E-state index in [4.69, 9.17) is 4.74 Å². The molecule has 0 unspecified atom stereocenters. The van der Waals surface area contributed by atoms with E-state index in [1.165, 1.54) is 16.7 Å². The normalized spacial score (nSPS) is 14.2. The molecule has 0 fully saturated rings. The zero-order valence-electron chi connectivity index (χ0n) is 19.0. The van der Waals surface area contributed by atoms with Crippen LogP contribution in [0.4, 0.5) is 0 Å². The highest BCUT2D eigenvalue weighted by molar-refractivity contribution is 5.78. The van der Waals surface area contributed by atoms with Gasteiger partial charge in [0, 0.05) is 31.4 Å². The molecular formula is C26H30N4O2. The van der Waals surface area contributed by atoms with Gasteiger partial charge in [0.05, 0.1) is 25.5 Å². The maximum atomic E-state index is 12.4. The second-order valence-corrected chi connectivity index (χ2v) is 8.28. The number of rotatable bonds is 7. The van der Waals surface area contributed by atoms with Crippen molar-refractivity contribution in [2.75, 3.05) is 26.7 Å². The third-order valence-electron chi connectivity index (χ3n) is 6.02. The molecule has 2 aromatic carbocycles. The Hall–Kier alpha value is -3.38. The summed E-state index contributed by atoms with van der Waals surface area (Å²) in [5.41, 5.74) is 7.11. The molecule has 6 nitrogen and oxygen atoms in total. The predicted octanol–water partition coefficient (Wildman–Crippen LogP) is 3.90. The number of carbonyl (C=O) groups is 1. The summed E-state index contributed by atoms with van der Waals surface area (Å²) >= 11 is 0. The van der Waals surface area contributed by atoms with E-state index in [0.29, 0.717) is 13.1 Å². The van der Waals surface area contributed by atoms with Crippen molar-refractivity contribution >= 4 is 11.5 Å². The lowest BCUT2D eigenvalue weighted by atomic mass is 10.0. The van der Waals surface area contributed by atoms with Crippen LogP contribution in [0.1, 0.15) is 28.7 Å². The van der Waals surface area contributed by atoms with E-state index < -0.39 is 0 Å². The Labute approximate surface area is 189 Å². The molecule has 0 atom stereocenters. The molecule has 0 bridgehead atoms. The van der Waals surface area contributed by atoms with E-state index >= 15 is 0 Å². The quantitative estimate of drug-likeness (QED) is 0.618. The minimum Gasteiger partial charge on any atom is -0.497 e. The van der Waals surface area contributed by atoms with Crippen LogP contribution < -0.4 is 10.1 Å². The number of hydrogen-bond donors (Lipinski definition) is 1. The summed E-state index contributed by atoms with van der Waals surface area (Å²) in [7, 11) is 1.65. The highest BCUT2D eigenvalue weighted by atomic mass is 16.5. The molecule has 1 N–H and O–H groups in total. The highest BCUT2D eigenvalue weighted by Crippen LogP contribution is 2.23. The topological polar surface area (TPSA) is 59.4 Å². The Kier molecular flexibility index (Phi) is 6.71. The number of nitrogens with zero attached hydrogens (tertiary/aromatic N) is 3. The second kappa shape index (κ2) is 9.83. The lowest BCUT2D eigenvalue weighted by Gasteiger charge is -2.25. The van der Waals surface area contributed by atoms with E-state index in [-0.39, 0.29) is 5.91 Å². The number of hydrogen-bond acceptors (Lipinski definition) is 4. The SMILES string of the molecule is COc1ccc(CNC(=O)CN2CC=C(c3cnn(-c4ccc(C)c(C)c4)c3)CC2)cc1. The Bertz CT molecular complexity index is 1120. The molecule has 1 aliphatic heterocycles. The van der Waals surface area contributed by atoms with Gasteiger partial charge in [0.15, 0.2) is 0 Å². The average Bonchev–Trinajstić information content (AvgIpc) is 3.31. The lowest BCUT2D eigenvalue weighted by molar-refractivity contribution is -0.122.